The first kappa shape index (κ1) is 24.3. The van der Waals surface area contributed by atoms with Gasteiger partial charge in [-0.15, -0.1) is 0 Å². The van der Waals surface area contributed by atoms with Gasteiger partial charge in [-0.25, -0.2) is 8.42 Å². The Hall–Kier alpha value is -3.32. The van der Waals surface area contributed by atoms with Gasteiger partial charge >= 0.3 is 0 Å². The Kier molecular flexibility index (Phi) is 8.11. The number of hydrogen-bond acceptors (Lipinski definition) is 4. The van der Waals surface area contributed by atoms with Gasteiger partial charge in [-0.2, -0.15) is 0 Å². The molecule has 0 bridgehead atoms. The number of carbonyl (C=O) groups is 1. The molecule has 0 aliphatic rings. The molecule has 0 saturated carbocycles. The predicted molar refractivity (Wildman–Crippen MR) is 132 cm³/mol. The van der Waals surface area contributed by atoms with Crippen LogP contribution >= 0.6 is 0 Å². The molecule has 0 aromatic heterocycles. The molecule has 0 unspecified atom stereocenters. The fraction of sp³-hybridized carbons (Fsp3) is 0.269. The summed E-state index contributed by atoms with van der Waals surface area (Å²) < 4.78 is 30.7. The van der Waals surface area contributed by atoms with Crippen LogP contribution in [0.25, 0.3) is 0 Å². The zero-order chi connectivity index (χ0) is 23.8. The van der Waals surface area contributed by atoms with E-state index in [0.717, 1.165) is 17.4 Å². The molecule has 0 saturated heterocycles. The molecule has 1 atom stereocenters. The number of ether oxygens (including phenoxy) is 1. The van der Waals surface area contributed by atoms with Crippen LogP contribution in [0.2, 0.25) is 0 Å². The first-order valence-corrected chi connectivity index (χ1v) is 12.7. The quantitative estimate of drug-likeness (QED) is 0.442. The van der Waals surface area contributed by atoms with Crippen LogP contribution < -0.4 is 9.04 Å². The first-order valence-electron chi connectivity index (χ1n) is 10.8. The summed E-state index contributed by atoms with van der Waals surface area (Å²) in [6.45, 7) is 2.87. The van der Waals surface area contributed by atoms with E-state index in [0.29, 0.717) is 30.9 Å². The van der Waals surface area contributed by atoms with Gasteiger partial charge in [0.15, 0.2) is 6.10 Å². The molecule has 1 amide bonds. The van der Waals surface area contributed by atoms with Crippen molar-refractivity contribution in [2.45, 2.75) is 32.5 Å². The Balaban J connectivity index is 1.78. The topological polar surface area (TPSA) is 66.9 Å². The summed E-state index contributed by atoms with van der Waals surface area (Å²) >= 11 is 0. The first-order chi connectivity index (χ1) is 15.8. The Morgan fingerprint density at radius 3 is 1.76 bits per heavy atom. The molecule has 0 heterocycles. The number of benzene rings is 3. The monoisotopic (exact) mass is 466 g/mol. The van der Waals surface area contributed by atoms with Crippen molar-refractivity contribution in [2.24, 2.45) is 0 Å². The van der Waals surface area contributed by atoms with Crippen molar-refractivity contribution < 1.29 is 17.9 Å². The smallest absolute Gasteiger partial charge is 0.264 e. The number of nitrogens with zero attached hydrogens (tertiary/aromatic N) is 2. The van der Waals surface area contributed by atoms with Crippen LogP contribution in [0.5, 0.6) is 5.75 Å². The number of rotatable bonds is 10. The second kappa shape index (κ2) is 11.0. The normalized spacial score (nSPS) is 12.1. The summed E-state index contributed by atoms with van der Waals surface area (Å²) in [7, 11) is -1.85. The lowest BCUT2D eigenvalue weighted by Crippen LogP contribution is -2.41. The maximum atomic E-state index is 13.5. The fourth-order valence-corrected chi connectivity index (χ4v) is 3.93. The zero-order valence-corrected chi connectivity index (χ0v) is 20.0. The highest BCUT2D eigenvalue weighted by Crippen LogP contribution is 2.23. The number of carbonyl (C=O) groups excluding carboxylic acids is 1. The third-order valence-corrected chi connectivity index (χ3v) is 6.57. The van der Waals surface area contributed by atoms with Crippen LogP contribution in [-0.2, 0) is 27.9 Å². The van der Waals surface area contributed by atoms with Crippen molar-refractivity contribution in [3.8, 4) is 5.75 Å². The molecule has 0 fully saturated rings. The Morgan fingerprint density at radius 2 is 1.33 bits per heavy atom. The van der Waals surface area contributed by atoms with Crippen molar-refractivity contribution >= 4 is 21.6 Å². The van der Waals surface area contributed by atoms with Crippen molar-refractivity contribution in [2.75, 3.05) is 17.6 Å². The van der Waals surface area contributed by atoms with Crippen LogP contribution in [0.3, 0.4) is 0 Å². The average Bonchev–Trinajstić information content (AvgIpc) is 2.82. The van der Waals surface area contributed by atoms with Gasteiger partial charge in [-0.3, -0.25) is 9.10 Å². The number of amides is 1. The van der Waals surface area contributed by atoms with E-state index in [2.05, 4.69) is 0 Å². The summed E-state index contributed by atoms with van der Waals surface area (Å²) in [4.78, 5) is 15.3. The molecule has 6 nitrogen and oxygen atoms in total. The van der Waals surface area contributed by atoms with Gasteiger partial charge in [0.1, 0.15) is 5.75 Å². The molecule has 0 aliphatic carbocycles. The Bertz CT molecular complexity index is 1090. The molecule has 3 rings (SSSR count). The number of hydrogen-bond donors (Lipinski definition) is 0. The van der Waals surface area contributed by atoms with Gasteiger partial charge in [0, 0.05) is 20.1 Å². The molecule has 7 heteroatoms. The minimum Gasteiger partial charge on any atom is -0.481 e. The summed E-state index contributed by atoms with van der Waals surface area (Å²) in [5, 5.41) is 0. The summed E-state index contributed by atoms with van der Waals surface area (Å²) in [5.41, 5.74) is 2.62. The molecule has 0 radical (unpaired) electrons. The third-order valence-electron chi connectivity index (χ3n) is 5.37. The SMILES string of the molecule is CC[C@H](Oc1ccc(N(C)S(C)(=O)=O)cc1)C(=O)N(Cc1ccccc1)Cc1ccccc1. The van der Waals surface area contributed by atoms with Crippen LogP contribution in [-0.4, -0.2) is 38.6 Å². The lowest BCUT2D eigenvalue weighted by molar-refractivity contribution is -0.140. The van der Waals surface area contributed by atoms with Gasteiger partial charge in [-0.1, -0.05) is 67.6 Å². The highest BCUT2D eigenvalue weighted by atomic mass is 32.2. The van der Waals surface area contributed by atoms with E-state index in [-0.39, 0.29) is 5.91 Å². The molecule has 0 aliphatic heterocycles. The highest BCUT2D eigenvalue weighted by molar-refractivity contribution is 7.92. The molecule has 33 heavy (non-hydrogen) atoms. The van der Waals surface area contributed by atoms with Crippen LogP contribution in [0.15, 0.2) is 84.9 Å². The largest absolute Gasteiger partial charge is 0.481 e. The van der Waals surface area contributed by atoms with Gasteiger partial charge in [0.25, 0.3) is 5.91 Å². The predicted octanol–water partition coefficient (Wildman–Crippen LogP) is 4.47. The second-order valence-corrected chi connectivity index (χ2v) is 9.92. The zero-order valence-electron chi connectivity index (χ0n) is 19.2. The molecule has 3 aromatic carbocycles. The van der Waals surface area contributed by atoms with Gasteiger partial charge < -0.3 is 9.64 Å². The van der Waals surface area contributed by atoms with Gasteiger partial charge in [-0.05, 0) is 41.8 Å². The van der Waals surface area contributed by atoms with E-state index in [1.807, 2.05) is 72.5 Å². The van der Waals surface area contributed by atoms with E-state index in [1.54, 1.807) is 24.3 Å². The third kappa shape index (κ3) is 6.83. The minimum atomic E-state index is -3.35. The Morgan fingerprint density at radius 1 is 0.848 bits per heavy atom. The van der Waals surface area contributed by atoms with E-state index in [4.69, 9.17) is 4.74 Å². The highest BCUT2D eigenvalue weighted by Gasteiger charge is 2.25. The average molecular weight is 467 g/mol. The van der Waals surface area contributed by atoms with Crippen molar-refractivity contribution in [1.82, 2.24) is 4.90 Å². The fourth-order valence-electron chi connectivity index (χ4n) is 3.42. The lowest BCUT2D eigenvalue weighted by Gasteiger charge is -2.28. The maximum absolute atomic E-state index is 13.5. The molecular weight excluding hydrogens is 436 g/mol. The van der Waals surface area contributed by atoms with Gasteiger partial charge in [0.05, 0.1) is 11.9 Å². The van der Waals surface area contributed by atoms with E-state index in [9.17, 15) is 13.2 Å². The van der Waals surface area contributed by atoms with Crippen molar-refractivity contribution in [3.05, 3.63) is 96.1 Å². The maximum Gasteiger partial charge on any atom is 0.264 e. The van der Waals surface area contributed by atoms with E-state index < -0.39 is 16.1 Å². The van der Waals surface area contributed by atoms with E-state index in [1.165, 1.54) is 11.4 Å². The molecule has 174 valence electrons. The van der Waals surface area contributed by atoms with Crippen molar-refractivity contribution in [3.63, 3.8) is 0 Å². The molecule has 0 N–H and O–H groups in total. The Labute approximate surface area is 196 Å². The van der Waals surface area contributed by atoms with Crippen molar-refractivity contribution in [1.29, 1.82) is 0 Å². The van der Waals surface area contributed by atoms with Crippen LogP contribution in [0, 0.1) is 0 Å². The summed E-state index contributed by atoms with van der Waals surface area (Å²) in [5.74, 6) is 0.419. The number of anilines is 1. The second-order valence-electron chi connectivity index (χ2n) is 7.90. The van der Waals surface area contributed by atoms with Gasteiger partial charge in [0.2, 0.25) is 10.0 Å². The standard InChI is InChI=1S/C26H30N2O4S/c1-4-25(32-24-17-15-23(16-18-24)27(2)33(3,30)31)26(29)28(19-21-11-7-5-8-12-21)20-22-13-9-6-10-14-22/h5-18,25H,4,19-20H2,1-3H3/t25-/m0/s1. The van der Waals surface area contributed by atoms with Crippen LogP contribution in [0.1, 0.15) is 24.5 Å². The number of sulfonamides is 1. The minimum absolute atomic E-state index is 0.0949. The molecular formula is C26H30N2O4S. The molecule has 0 spiro atoms. The summed E-state index contributed by atoms with van der Waals surface area (Å²) in [6, 6.07) is 26.5. The van der Waals surface area contributed by atoms with Crippen LogP contribution in [0.4, 0.5) is 5.69 Å². The molecule has 3 aromatic rings. The van der Waals surface area contributed by atoms with E-state index >= 15 is 0 Å². The lowest BCUT2D eigenvalue weighted by atomic mass is 10.1. The summed E-state index contributed by atoms with van der Waals surface area (Å²) in [6.07, 6.45) is 0.997.